The van der Waals surface area contributed by atoms with Crippen LogP contribution >= 0.6 is 11.6 Å². The number of rotatable bonds is 6. The standard InChI is InChI=1S/C20H22ClN3O2/c1-23(12-15-10-22-24(2)13-15)11-14-4-7-20(26-3)17(8-14)16-5-6-19(25)18(21)9-16/h4-10,13,25H,11-12H2,1-3H3. The summed E-state index contributed by atoms with van der Waals surface area (Å²) in [5.41, 5.74) is 4.19. The number of benzene rings is 2. The number of ether oxygens (including phenoxy) is 1. The van der Waals surface area contributed by atoms with E-state index in [0.717, 1.165) is 35.5 Å². The van der Waals surface area contributed by atoms with E-state index in [9.17, 15) is 5.11 Å². The Kier molecular flexibility index (Phi) is 5.49. The van der Waals surface area contributed by atoms with Crippen LogP contribution < -0.4 is 4.74 Å². The molecule has 136 valence electrons. The van der Waals surface area contributed by atoms with E-state index >= 15 is 0 Å². The molecule has 0 saturated heterocycles. The Labute approximate surface area is 158 Å². The van der Waals surface area contributed by atoms with Crippen molar-refractivity contribution in [3.63, 3.8) is 0 Å². The number of hydrogen-bond donors (Lipinski definition) is 1. The Balaban J connectivity index is 1.83. The zero-order valence-electron chi connectivity index (χ0n) is 15.1. The number of methoxy groups -OCH3 is 1. The molecule has 2 aromatic carbocycles. The summed E-state index contributed by atoms with van der Waals surface area (Å²) < 4.78 is 7.31. The highest BCUT2D eigenvalue weighted by molar-refractivity contribution is 6.32. The highest BCUT2D eigenvalue weighted by Gasteiger charge is 2.11. The first-order valence-electron chi connectivity index (χ1n) is 8.28. The lowest BCUT2D eigenvalue weighted by Gasteiger charge is -2.17. The second kappa shape index (κ2) is 7.81. The highest BCUT2D eigenvalue weighted by atomic mass is 35.5. The van der Waals surface area contributed by atoms with Crippen LogP contribution in [0.5, 0.6) is 11.5 Å². The van der Waals surface area contributed by atoms with Crippen LogP contribution in [0.25, 0.3) is 11.1 Å². The zero-order valence-corrected chi connectivity index (χ0v) is 15.9. The van der Waals surface area contributed by atoms with Crippen molar-refractivity contribution >= 4 is 11.6 Å². The Morgan fingerprint density at radius 2 is 1.92 bits per heavy atom. The van der Waals surface area contributed by atoms with Crippen LogP contribution in [-0.2, 0) is 20.1 Å². The van der Waals surface area contributed by atoms with E-state index in [1.807, 2.05) is 36.3 Å². The van der Waals surface area contributed by atoms with Gasteiger partial charge in [-0.25, -0.2) is 0 Å². The maximum absolute atomic E-state index is 9.66. The molecule has 0 unspecified atom stereocenters. The summed E-state index contributed by atoms with van der Waals surface area (Å²) in [6.07, 6.45) is 3.91. The lowest BCUT2D eigenvalue weighted by Crippen LogP contribution is -2.17. The van der Waals surface area contributed by atoms with Crippen molar-refractivity contribution in [3.8, 4) is 22.6 Å². The molecule has 1 aromatic heterocycles. The quantitative estimate of drug-likeness (QED) is 0.709. The van der Waals surface area contributed by atoms with Gasteiger partial charge in [0, 0.05) is 37.5 Å². The predicted molar refractivity (Wildman–Crippen MR) is 103 cm³/mol. The SMILES string of the molecule is COc1ccc(CN(C)Cc2cnn(C)c2)cc1-c1ccc(O)c(Cl)c1. The van der Waals surface area contributed by atoms with Crippen molar-refractivity contribution in [1.82, 2.24) is 14.7 Å². The van der Waals surface area contributed by atoms with Crippen molar-refractivity contribution in [2.75, 3.05) is 14.2 Å². The third-order valence-corrected chi connectivity index (χ3v) is 4.49. The van der Waals surface area contributed by atoms with E-state index in [1.165, 1.54) is 5.56 Å². The van der Waals surface area contributed by atoms with E-state index in [2.05, 4.69) is 29.2 Å². The fourth-order valence-electron chi connectivity index (χ4n) is 2.99. The summed E-state index contributed by atoms with van der Waals surface area (Å²) in [6, 6.07) is 11.3. The van der Waals surface area contributed by atoms with Crippen LogP contribution in [0.15, 0.2) is 48.8 Å². The van der Waals surface area contributed by atoms with Crippen molar-refractivity contribution in [2.24, 2.45) is 7.05 Å². The van der Waals surface area contributed by atoms with Gasteiger partial charge in [0.05, 0.1) is 18.3 Å². The Morgan fingerprint density at radius 1 is 1.15 bits per heavy atom. The maximum Gasteiger partial charge on any atom is 0.134 e. The zero-order chi connectivity index (χ0) is 18.7. The Bertz CT molecular complexity index is 908. The van der Waals surface area contributed by atoms with E-state index in [4.69, 9.17) is 16.3 Å². The highest BCUT2D eigenvalue weighted by Crippen LogP contribution is 2.35. The molecule has 1 heterocycles. The minimum atomic E-state index is 0.0711. The molecule has 0 aliphatic rings. The van der Waals surface area contributed by atoms with Gasteiger partial charge in [-0.3, -0.25) is 9.58 Å². The minimum absolute atomic E-state index is 0.0711. The minimum Gasteiger partial charge on any atom is -0.506 e. The van der Waals surface area contributed by atoms with Crippen molar-refractivity contribution < 1.29 is 9.84 Å². The molecule has 0 saturated carbocycles. The molecule has 0 amide bonds. The molecule has 0 bridgehead atoms. The molecular weight excluding hydrogens is 350 g/mol. The van der Waals surface area contributed by atoms with Gasteiger partial charge >= 0.3 is 0 Å². The normalized spacial score (nSPS) is 11.1. The molecule has 1 N–H and O–H groups in total. The first-order valence-corrected chi connectivity index (χ1v) is 8.66. The monoisotopic (exact) mass is 371 g/mol. The van der Waals surface area contributed by atoms with E-state index in [0.29, 0.717) is 5.02 Å². The number of aromatic hydroxyl groups is 1. The topological polar surface area (TPSA) is 50.5 Å². The third-order valence-electron chi connectivity index (χ3n) is 4.19. The van der Waals surface area contributed by atoms with E-state index in [-0.39, 0.29) is 5.75 Å². The van der Waals surface area contributed by atoms with Gasteiger partial charge in [-0.15, -0.1) is 0 Å². The van der Waals surface area contributed by atoms with Crippen molar-refractivity contribution in [2.45, 2.75) is 13.1 Å². The summed E-state index contributed by atoms with van der Waals surface area (Å²) in [5.74, 6) is 0.840. The third kappa shape index (κ3) is 4.18. The number of phenols is 1. The van der Waals surface area contributed by atoms with Crippen LogP contribution in [-0.4, -0.2) is 33.9 Å². The average molecular weight is 372 g/mol. The van der Waals surface area contributed by atoms with Crippen LogP contribution in [0.1, 0.15) is 11.1 Å². The first-order chi connectivity index (χ1) is 12.5. The molecule has 0 aliphatic carbocycles. The van der Waals surface area contributed by atoms with Gasteiger partial charge in [0.1, 0.15) is 11.5 Å². The molecule has 0 fully saturated rings. The lowest BCUT2D eigenvalue weighted by molar-refractivity contribution is 0.319. The van der Waals surface area contributed by atoms with E-state index in [1.54, 1.807) is 19.2 Å². The van der Waals surface area contributed by atoms with Gasteiger partial charge in [0.25, 0.3) is 0 Å². The van der Waals surface area contributed by atoms with Crippen molar-refractivity contribution in [1.29, 1.82) is 0 Å². The smallest absolute Gasteiger partial charge is 0.134 e. The first kappa shape index (κ1) is 18.3. The molecule has 3 aromatic rings. The Hall–Kier alpha value is -2.50. The van der Waals surface area contributed by atoms with Crippen molar-refractivity contribution in [3.05, 3.63) is 64.9 Å². The largest absolute Gasteiger partial charge is 0.506 e. The number of aromatic nitrogens is 2. The summed E-state index contributed by atoms with van der Waals surface area (Å²) in [5, 5.41) is 14.2. The number of halogens is 1. The molecule has 3 rings (SSSR count). The summed E-state index contributed by atoms with van der Waals surface area (Å²) in [7, 11) is 5.64. The van der Waals surface area contributed by atoms with Crippen LogP contribution in [0.2, 0.25) is 5.02 Å². The van der Waals surface area contributed by atoms with Crippen LogP contribution in [0, 0.1) is 0 Å². The van der Waals surface area contributed by atoms with Gasteiger partial charge in [-0.05, 0) is 42.4 Å². The van der Waals surface area contributed by atoms with Gasteiger partial charge < -0.3 is 9.84 Å². The second-order valence-corrected chi connectivity index (χ2v) is 6.80. The fraction of sp³-hybridized carbons (Fsp3) is 0.250. The molecule has 0 spiro atoms. The van der Waals surface area contributed by atoms with Gasteiger partial charge in [-0.1, -0.05) is 23.7 Å². The molecule has 26 heavy (non-hydrogen) atoms. The average Bonchev–Trinajstić information content (AvgIpc) is 3.02. The van der Waals surface area contributed by atoms with Gasteiger partial charge in [0.2, 0.25) is 0 Å². The van der Waals surface area contributed by atoms with Gasteiger partial charge in [0.15, 0.2) is 0 Å². The molecule has 0 atom stereocenters. The second-order valence-electron chi connectivity index (χ2n) is 6.40. The molecule has 5 nitrogen and oxygen atoms in total. The molecule has 6 heteroatoms. The van der Waals surface area contributed by atoms with Crippen LogP contribution in [0.4, 0.5) is 0 Å². The predicted octanol–water partition coefficient (Wildman–Crippen LogP) is 4.09. The molecular formula is C20H22ClN3O2. The van der Waals surface area contributed by atoms with E-state index < -0.39 is 0 Å². The summed E-state index contributed by atoms with van der Waals surface area (Å²) in [6.45, 7) is 1.61. The Morgan fingerprint density at radius 3 is 2.58 bits per heavy atom. The van der Waals surface area contributed by atoms with Crippen LogP contribution in [0.3, 0.4) is 0 Å². The summed E-state index contributed by atoms with van der Waals surface area (Å²) >= 11 is 6.07. The lowest BCUT2D eigenvalue weighted by atomic mass is 10.0. The molecule has 0 radical (unpaired) electrons. The fourth-order valence-corrected chi connectivity index (χ4v) is 3.17. The number of hydrogen-bond acceptors (Lipinski definition) is 4. The number of nitrogens with zero attached hydrogens (tertiary/aromatic N) is 3. The summed E-state index contributed by atoms with van der Waals surface area (Å²) in [4.78, 5) is 2.23. The number of aryl methyl sites for hydroxylation is 1. The van der Waals surface area contributed by atoms with Gasteiger partial charge in [-0.2, -0.15) is 5.10 Å². The maximum atomic E-state index is 9.66. The molecule has 0 aliphatic heterocycles. The number of phenolic OH excluding ortho intramolecular Hbond substituents is 1.